The van der Waals surface area contributed by atoms with E-state index in [0.717, 1.165) is 30.4 Å². The summed E-state index contributed by atoms with van der Waals surface area (Å²) in [4.78, 5) is 0. The summed E-state index contributed by atoms with van der Waals surface area (Å²) in [6.45, 7) is 4.10. The van der Waals surface area contributed by atoms with Crippen molar-refractivity contribution in [3.05, 3.63) is 42.5 Å². The Labute approximate surface area is 113 Å². The zero-order valence-corrected chi connectivity index (χ0v) is 11.6. The number of hydrogen-bond acceptors (Lipinski definition) is 3. The Kier molecular flexibility index (Phi) is 4.49. The van der Waals surface area contributed by atoms with Crippen LogP contribution < -0.4 is 0 Å². The van der Waals surface area contributed by atoms with Crippen molar-refractivity contribution in [1.29, 1.82) is 0 Å². The van der Waals surface area contributed by atoms with Crippen LogP contribution >= 0.6 is 11.8 Å². The van der Waals surface area contributed by atoms with Gasteiger partial charge in [0.1, 0.15) is 5.60 Å². The Balaban J connectivity index is 2.16. The van der Waals surface area contributed by atoms with Gasteiger partial charge in [0.2, 0.25) is 0 Å². The number of benzene rings is 1. The Hall–Kier alpha value is -0.770. The summed E-state index contributed by atoms with van der Waals surface area (Å²) >= 11 is 1.63. The smallest absolute Gasteiger partial charge is 0.116 e. The predicted octanol–water partition coefficient (Wildman–Crippen LogP) is 3.32. The Morgan fingerprint density at radius 2 is 2.22 bits per heavy atom. The average Bonchev–Trinajstić information content (AvgIpc) is 2.79. The van der Waals surface area contributed by atoms with Gasteiger partial charge < -0.3 is 9.84 Å². The monoisotopic (exact) mass is 264 g/mol. The molecule has 2 atom stereocenters. The number of ether oxygens (including phenoxy) is 1. The minimum atomic E-state index is -0.906. The van der Waals surface area contributed by atoms with E-state index in [-0.39, 0.29) is 6.10 Å². The fraction of sp³-hybridized carbons (Fsp3) is 0.467. The van der Waals surface area contributed by atoms with E-state index in [9.17, 15) is 5.11 Å². The second kappa shape index (κ2) is 5.91. The quantitative estimate of drug-likeness (QED) is 0.827. The molecule has 1 aromatic rings. The van der Waals surface area contributed by atoms with E-state index in [0.29, 0.717) is 5.94 Å². The third-order valence-electron chi connectivity index (χ3n) is 3.59. The van der Waals surface area contributed by atoms with Gasteiger partial charge in [-0.1, -0.05) is 36.9 Å². The van der Waals surface area contributed by atoms with Crippen molar-refractivity contribution in [2.75, 3.05) is 12.2 Å². The summed E-state index contributed by atoms with van der Waals surface area (Å²) in [6, 6.07) is 9.89. The first-order valence-electron chi connectivity index (χ1n) is 6.26. The molecule has 1 N–H and O–H groups in total. The first-order valence-corrected chi connectivity index (χ1v) is 7.65. The largest absolute Gasteiger partial charge is 0.382 e. The summed E-state index contributed by atoms with van der Waals surface area (Å²) in [5, 5.41) is 10.9. The van der Waals surface area contributed by atoms with Crippen molar-refractivity contribution in [3.8, 4) is 0 Å². The van der Waals surface area contributed by atoms with E-state index in [1.165, 1.54) is 0 Å². The van der Waals surface area contributed by atoms with E-state index in [2.05, 4.69) is 6.58 Å². The normalized spacial score (nSPS) is 27.3. The number of thioether (sulfide) groups is 1. The van der Waals surface area contributed by atoms with E-state index >= 15 is 0 Å². The minimum absolute atomic E-state index is 0.127. The van der Waals surface area contributed by atoms with Gasteiger partial charge in [0, 0.05) is 0 Å². The molecule has 0 amide bonds. The molecular weight excluding hydrogens is 244 g/mol. The van der Waals surface area contributed by atoms with Gasteiger partial charge in [-0.15, -0.1) is 11.8 Å². The van der Waals surface area contributed by atoms with Crippen molar-refractivity contribution in [2.24, 2.45) is 0 Å². The molecule has 3 heteroatoms. The van der Waals surface area contributed by atoms with Crippen LogP contribution in [0.3, 0.4) is 0 Å². The average molecular weight is 264 g/mol. The second-order valence-corrected chi connectivity index (χ2v) is 5.54. The van der Waals surface area contributed by atoms with Crippen LogP contribution in [0.2, 0.25) is 0 Å². The van der Waals surface area contributed by atoms with E-state index < -0.39 is 5.60 Å². The summed E-state index contributed by atoms with van der Waals surface area (Å²) in [7, 11) is 0. The van der Waals surface area contributed by atoms with Crippen molar-refractivity contribution in [2.45, 2.75) is 31.0 Å². The molecule has 1 aliphatic carbocycles. The summed E-state index contributed by atoms with van der Waals surface area (Å²) in [5.74, 6) is 0.620. The first-order chi connectivity index (χ1) is 8.68. The van der Waals surface area contributed by atoms with E-state index in [4.69, 9.17) is 4.74 Å². The van der Waals surface area contributed by atoms with Gasteiger partial charge in [0.25, 0.3) is 0 Å². The van der Waals surface area contributed by atoms with Gasteiger partial charge >= 0.3 is 0 Å². The maximum absolute atomic E-state index is 10.9. The van der Waals surface area contributed by atoms with Crippen LogP contribution in [0, 0.1) is 0 Å². The Morgan fingerprint density at radius 3 is 2.89 bits per heavy atom. The molecule has 0 unspecified atom stereocenters. The van der Waals surface area contributed by atoms with Crippen molar-refractivity contribution in [1.82, 2.24) is 0 Å². The summed E-state index contributed by atoms with van der Waals surface area (Å²) in [6.07, 6.45) is 4.50. The number of rotatable bonds is 5. The lowest BCUT2D eigenvalue weighted by atomic mass is 9.86. The molecule has 1 saturated carbocycles. The first kappa shape index (κ1) is 13.7. The Morgan fingerprint density at radius 1 is 1.50 bits per heavy atom. The molecule has 0 saturated heterocycles. The maximum Gasteiger partial charge on any atom is 0.116 e. The highest BCUT2D eigenvalue weighted by atomic mass is 32.2. The van der Waals surface area contributed by atoms with Gasteiger partial charge in [-0.05, 0) is 36.7 Å². The van der Waals surface area contributed by atoms with Gasteiger partial charge in [-0.3, -0.25) is 0 Å². The molecule has 2 nitrogen and oxygen atoms in total. The standard InChI is InChI=1S/C15H20O2S/c1-12(13-7-4-3-5-8-13)15(16)10-6-9-14(15)17-11-18-2/h3-5,7-8,14,16H,1,6,9-11H2,2H3/t14-,15+/m0/s1. The molecule has 0 heterocycles. The molecule has 18 heavy (non-hydrogen) atoms. The maximum atomic E-state index is 10.9. The van der Waals surface area contributed by atoms with Crippen molar-refractivity contribution >= 4 is 17.3 Å². The topological polar surface area (TPSA) is 29.5 Å². The third kappa shape index (κ3) is 2.63. The highest BCUT2D eigenvalue weighted by Gasteiger charge is 2.44. The molecular formula is C15H20O2S. The van der Waals surface area contributed by atoms with Crippen LogP contribution in [-0.2, 0) is 4.74 Å². The van der Waals surface area contributed by atoms with Crippen LogP contribution in [0.1, 0.15) is 24.8 Å². The number of aliphatic hydroxyl groups is 1. The molecule has 0 bridgehead atoms. The number of hydrogen-bond donors (Lipinski definition) is 1. The molecule has 1 aromatic carbocycles. The van der Waals surface area contributed by atoms with Gasteiger partial charge in [-0.25, -0.2) is 0 Å². The van der Waals surface area contributed by atoms with Crippen molar-refractivity contribution < 1.29 is 9.84 Å². The zero-order chi connectivity index (χ0) is 13.0. The van der Waals surface area contributed by atoms with Crippen LogP contribution in [0.4, 0.5) is 0 Å². The van der Waals surface area contributed by atoms with E-state index in [1.54, 1.807) is 11.8 Å². The summed E-state index contributed by atoms with van der Waals surface area (Å²) in [5.41, 5.74) is 0.878. The summed E-state index contributed by atoms with van der Waals surface area (Å²) < 4.78 is 5.76. The highest BCUT2D eigenvalue weighted by molar-refractivity contribution is 7.98. The molecule has 0 aliphatic heterocycles. The molecule has 98 valence electrons. The van der Waals surface area contributed by atoms with Gasteiger partial charge in [0.15, 0.2) is 0 Å². The molecule has 0 aromatic heterocycles. The fourth-order valence-electron chi connectivity index (χ4n) is 2.56. The van der Waals surface area contributed by atoms with Gasteiger partial charge in [0.05, 0.1) is 12.0 Å². The van der Waals surface area contributed by atoms with E-state index in [1.807, 2.05) is 36.6 Å². The van der Waals surface area contributed by atoms with Crippen LogP contribution in [0.15, 0.2) is 36.9 Å². The SMILES string of the molecule is C=C(c1ccccc1)[C@]1(O)CCC[C@@H]1OCSC. The highest BCUT2D eigenvalue weighted by Crippen LogP contribution is 2.41. The van der Waals surface area contributed by atoms with Crippen LogP contribution in [0.5, 0.6) is 0 Å². The zero-order valence-electron chi connectivity index (χ0n) is 10.8. The molecule has 1 aliphatic rings. The van der Waals surface area contributed by atoms with Crippen molar-refractivity contribution in [3.63, 3.8) is 0 Å². The minimum Gasteiger partial charge on any atom is -0.382 e. The predicted molar refractivity (Wildman–Crippen MR) is 77.5 cm³/mol. The second-order valence-electron chi connectivity index (χ2n) is 4.72. The third-order valence-corrected chi connectivity index (χ3v) is 3.96. The molecule has 1 fully saturated rings. The molecule has 2 rings (SSSR count). The van der Waals surface area contributed by atoms with Crippen LogP contribution in [0.25, 0.3) is 5.57 Å². The fourth-order valence-corrected chi connectivity index (χ4v) is 2.86. The molecule has 0 radical (unpaired) electrons. The lowest BCUT2D eigenvalue weighted by Gasteiger charge is -2.32. The van der Waals surface area contributed by atoms with Gasteiger partial charge in [-0.2, -0.15) is 0 Å². The lowest BCUT2D eigenvalue weighted by molar-refractivity contribution is -0.0387. The van der Waals surface area contributed by atoms with Crippen LogP contribution in [-0.4, -0.2) is 29.0 Å². The lowest BCUT2D eigenvalue weighted by Crippen LogP contribution is -2.40. The molecule has 0 spiro atoms. The Bertz CT molecular complexity index is 404.